The van der Waals surface area contributed by atoms with Crippen LogP contribution in [0.3, 0.4) is 0 Å². The molecule has 1 aromatic heterocycles. The molecule has 0 radical (unpaired) electrons. The number of aryl methyl sites for hydroxylation is 2. The fraction of sp³-hybridized carbons (Fsp3) is 0.458. The van der Waals surface area contributed by atoms with Crippen molar-refractivity contribution >= 4 is 29.5 Å². The van der Waals surface area contributed by atoms with Crippen molar-refractivity contribution < 1.29 is 18.8 Å². The van der Waals surface area contributed by atoms with E-state index in [1.165, 1.54) is 17.4 Å². The summed E-state index contributed by atoms with van der Waals surface area (Å²) in [4.78, 5) is 43.9. The third kappa shape index (κ3) is 3.50. The van der Waals surface area contributed by atoms with Crippen LogP contribution in [0.5, 0.6) is 0 Å². The molecule has 3 amide bonds. The van der Waals surface area contributed by atoms with Gasteiger partial charge in [-0.05, 0) is 55.5 Å². The van der Waals surface area contributed by atoms with Gasteiger partial charge in [-0.15, -0.1) is 11.8 Å². The molecule has 8 heteroatoms. The maximum Gasteiger partial charge on any atom is 0.289 e. The van der Waals surface area contributed by atoms with E-state index in [-0.39, 0.29) is 29.8 Å². The Hall–Kier alpha value is -2.74. The highest BCUT2D eigenvalue weighted by atomic mass is 32.2. The van der Waals surface area contributed by atoms with Gasteiger partial charge in [0.1, 0.15) is 6.04 Å². The average molecular weight is 454 g/mol. The minimum absolute atomic E-state index is 0.0277. The first-order valence-electron chi connectivity index (χ1n) is 11.0. The summed E-state index contributed by atoms with van der Waals surface area (Å²) in [7, 11) is 0. The van der Waals surface area contributed by atoms with Crippen molar-refractivity contribution in [3.05, 3.63) is 59.0 Å². The molecule has 7 nitrogen and oxygen atoms in total. The standard InChI is InChI=1S/C24H27N3O4S/c1-15-5-6-17(12-16(15)2)21-22(26-14-32-13-20(26)28)24(30)27(21)18-7-9-25(10-8-18)23(29)19-4-3-11-31-19/h3-6,11-12,18,21-22H,7-10,13-14H2,1-2H3/t21-,22+/m0/s1. The lowest BCUT2D eigenvalue weighted by Crippen LogP contribution is -2.69. The van der Waals surface area contributed by atoms with Crippen molar-refractivity contribution in [1.82, 2.24) is 14.7 Å². The Balaban J connectivity index is 1.36. The molecule has 3 aliphatic rings. The molecule has 1 aromatic carbocycles. The molecule has 2 atom stereocenters. The molecule has 0 unspecified atom stereocenters. The number of carbonyl (C=O) groups is 3. The van der Waals surface area contributed by atoms with E-state index in [1.54, 1.807) is 33.7 Å². The van der Waals surface area contributed by atoms with Gasteiger partial charge in [0.05, 0.1) is 23.9 Å². The molecule has 3 aliphatic heterocycles. The van der Waals surface area contributed by atoms with Crippen molar-refractivity contribution in [2.45, 2.75) is 44.8 Å². The molecule has 0 bridgehead atoms. The van der Waals surface area contributed by atoms with Crippen molar-refractivity contribution in [3.63, 3.8) is 0 Å². The summed E-state index contributed by atoms with van der Waals surface area (Å²) < 4.78 is 5.25. The molecule has 168 valence electrons. The maximum atomic E-state index is 13.4. The number of thioether (sulfide) groups is 1. The number of benzene rings is 1. The lowest BCUT2D eigenvalue weighted by atomic mass is 9.83. The summed E-state index contributed by atoms with van der Waals surface area (Å²) >= 11 is 1.56. The molecular formula is C24H27N3O4S. The van der Waals surface area contributed by atoms with E-state index in [0.717, 1.165) is 18.4 Å². The van der Waals surface area contributed by atoms with E-state index < -0.39 is 6.04 Å². The third-order valence-electron chi connectivity index (χ3n) is 6.97. The van der Waals surface area contributed by atoms with Crippen LogP contribution in [0.2, 0.25) is 0 Å². The van der Waals surface area contributed by atoms with Crippen LogP contribution < -0.4 is 0 Å². The lowest BCUT2D eigenvalue weighted by molar-refractivity contribution is -0.169. The van der Waals surface area contributed by atoms with Crippen LogP contribution in [-0.4, -0.2) is 69.2 Å². The molecule has 0 spiro atoms. The molecule has 32 heavy (non-hydrogen) atoms. The first-order valence-corrected chi connectivity index (χ1v) is 12.2. The molecular weight excluding hydrogens is 426 g/mol. The quantitative estimate of drug-likeness (QED) is 0.666. The van der Waals surface area contributed by atoms with E-state index >= 15 is 0 Å². The van der Waals surface area contributed by atoms with Crippen molar-refractivity contribution in [2.24, 2.45) is 0 Å². The molecule has 0 saturated carbocycles. The number of rotatable bonds is 4. The zero-order valence-corrected chi connectivity index (χ0v) is 19.1. The first-order chi connectivity index (χ1) is 15.5. The lowest BCUT2D eigenvalue weighted by Gasteiger charge is -2.55. The normalized spacial score (nSPS) is 24.2. The van der Waals surface area contributed by atoms with Crippen molar-refractivity contribution in [2.75, 3.05) is 24.7 Å². The average Bonchev–Trinajstić information content (AvgIpc) is 3.47. The number of carbonyl (C=O) groups excluding carboxylic acids is 3. The number of nitrogens with zero attached hydrogens (tertiary/aromatic N) is 3. The maximum absolute atomic E-state index is 13.4. The van der Waals surface area contributed by atoms with Crippen LogP contribution in [0.1, 0.15) is 46.1 Å². The van der Waals surface area contributed by atoms with Gasteiger partial charge in [0.25, 0.3) is 5.91 Å². The molecule has 2 aromatic rings. The first kappa shape index (κ1) is 21.1. The van der Waals surface area contributed by atoms with E-state index in [9.17, 15) is 14.4 Å². The number of hydrogen-bond donors (Lipinski definition) is 0. The second-order valence-corrected chi connectivity index (χ2v) is 9.78. The minimum Gasteiger partial charge on any atom is -0.459 e. The predicted molar refractivity (Wildman–Crippen MR) is 121 cm³/mol. The van der Waals surface area contributed by atoms with E-state index in [1.807, 2.05) is 4.90 Å². The van der Waals surface area contributed by atoms with Crippen LogP contribution in [0.25, 0.3) is 0 Å². The topological polar surface area (TPSA) is 74.1 Å². The van der Waals surface area contributed by atoms with Crippen LogP contribution >= 0.6 is 11.8 Å². The second kappa shape index (κ2) is 8.31. The highest BCUT2D eigenvalue weighted by Gasteiger charge is 2.55. The molecule has 0 N–H and O–H groups in total. The van der Waals surface area contributed by atoms with Gasteiger partial charge in [0.15, 0.2) is 5.76 Å². The van der Waals surface area contributed by atoms with Gasteiger partial charge in [-0.1, -0.05) is 18.2 Å². The van der Waals surface area contributed by atoms with Gasteiger partial charge in [-0.2, -0.15) is 0 Å². The van der Waals surface area contributed by atoms with E-state index in [4.69, 9.17) is 4.42 Å². The van der Waals surface area contributed by atoms with E-state index in [0.29, 0.717) is 30.5 Å². The molecule has 3 saturated heterocycles. The molecule has 4 heterocycles. The Morgan fingerprint density at radius 1 is 1.06 bits per heavy atom. The van der Waals surface area contributed by atoms with Crippen LogP contribution in [0.15, 0.2) is 41.0 Å². The van der Waals surface area contributed by atoms with Crippen LogP contribution in [0.4, 0.5) is 0 Å². The van der Waals surface area contributed by atoms with Crippen LogP contribution in [0, 0.1) is 13.8 Å². The monoisotopic (exact) mass is 453 g/mol. The summed E-state index contributed by atoms with van der Waals surface area (Å²) in [6, 6.07) is 9.20. The smallest absolute Gasteiger partial charge is 0.289 e. The number of amides is 3. The van der Waals surface area contributed by atoms with Gasteiger partial charge in [-0.25, -0.2) is 0 Å². The van der Waals surface area contributed by atoms with Gasteiger partial charge >= 0.3 is 0 Å². The number of likely N-dealkylation sites (tertiary alicyclic amines) is 2. The highest BCUT2D eigenvalue weighted by Crippen LogP contribution is 2.44. The summed E-state index contributed by atoms with van der Waals surface area (Å²) in [5.74, 6) is 1.32. The summed E-state index contributed by atoms with van der Waals surface area (Å²) in [6.45, 7) is 5.31. The van der Waals surface area contributed by atoms with E-state index in [2.05, 4.69) is 32.0 Å². The Morgan fingerprint density at radius 2 is 1.84 bits per heavy atom. The molecule has 3 fully saturated rings. The summed E-state index contributed by atoms with van der Waals surface area (Å²) in [5, 5.41) is 0. The molecule has 5 rings (SSSR count). The van der Waals surface area contributed by atoms with Crippen molar-refractivity contribution in [1.29, 1.82) is 0 Å². The fourth-order valence-electron chi connectivity index (χ4n) is 5.02. The van der Waals surface area contributed by atoms with Crippen LogP contribution in [-0.2, 0) is 9.59 Å². The zero-order valence-electron chi connectivity index (χ0n) is 18.3. The Morgan fingerprint density at radius 3 is 2.47 bits per heavy atom. The Bertz CT molecular complexity index is 1050. The number of piperidine rings is 1. The fourth-order valence-corrected chi connectivity index (χ4v) is 5.96. The Labute approximate surface area is 191 Å². The van der Waals surface area contributed by atoms with Crippen molar-refractivity contribution in [3.8, 4) is 0 Å². The van der Waals surface area contributed by atoms with Gasteiger partial charge in [0.2, 0.25) is 11.8 Å². The molecule has 0 aliphatic carbocycles. The number of furan rings is 1. The number of hydrogen-bond acceptors (Lipinski definition) is 5. The SMILES string of the molecule is Cc1ccc([C@H]2[C@@H](N3CSCC3=O)C(=O)N2C2CCN(C(=O)c3ccco3)CC2)cc1C. The number of β-lactam (4-membered cyclic amide) rings is 1. The van der Waals surface area contributed by atoms with Gasteiger partial charge in [0, 0.05) is 19.1 Å². The summed E-state index contributed by atoms with van der Waals surface area (Å²) in [5.41, 5.74) is 3.47. The summed E-state index contributed by atoms with van der Waals surface area (Å²) in [6.07, 6.45) is 2.94. The Kier molecular flexibility index (Phi) is 5.49. The minimum atomic E-state index is -0.428. The highest BCUT2D eigenvalue weighted by molar-refractivity contribution is 8.00. The predicted octanol–water partition coefficient (Wildman–Crippen LogP) is 2.99. The largest absolute Gasteiger partial charge is 0.459 e. The van der Waals surface area contributed by atoms with Gasteiger partial charge < -0.3 is 19.1 Å². The third-order valence-corrected chi connectivity index (χ3v) is 7.88. The zero-order chi connectivity index (χ0) is 22.4. The second-order valence-electron chi connectivity index (χ2n) is 8.82. The van der Waals surface area contributed by atoms with Gasteiger partial charge in [-0.3, -0.25) is 14.4 Å².